The van der Waals surface area contributed by atoms with Crippen LogP contribution < -0.4 is 4.74 Å². The summed E-state index contributed by atoms with van der Waals surface area (Å²) in [5.41, 5.74) is 3.99. The number of aromatic nitrogens is 1. The lowest BCUT2D eigenvalue weighted by Crippen LogP contribution is -2.48. The Hall–Kier alpha value is -3.03. The van der Waals surface area contributed by atoms with Crippen LogP contribution >= 0.6 is 0 Å². The summed E-state index contributed by atoms with van der Waals surface area (Å²) in [5.74, 6) is 0.0974. The molecule has 0 saturated carbocycles. The van der Waals surface area contributed by atoms with Crippen LogP contribution in [0.25, 0.3) is 0 Å². The van der Waals surface area contributed by atoms with E-state index < -0.39 is 12.2 Å². The van der Waals surface area contributed by atoms with Gasteiger partial charge in [-0.3, -0.25) is 14.8 Å². The first-order valence-corrected chi connectivity index (χ1v) is 11.0. The van der Waals surface area contributed by atoms with Crippen molar-refractivity contribution in [3.05, 3.63) is 57.9 Å². The van der Waals surface area contributed by atoms with Crippen LogP contribution in [0, 0.1) is 18.3 Å². The van der Waals surface area contributed by atoms with Crippen LogP contribution in [0.1, 0.15) is 50.5 Å². The number of β-amino-alcohol motifs (C(OH)–C–C–N with tert-alkyl or cyclic N) is 2. The third kappa shape index (κ3) is 4.84. The average molecular weight is 453 g/mol. The minimum absolute atomic E-state index is 0.265. The van der Waals surface area contributed by atoms with Crippen LogP contribution in [-0.2, 0) is 11.3 Å². The van der Waals surface area contributed by atoms with Crippen molar-refractivity contribution in [3.63, 3.8) is 0 Å². The van der Waals surface area contributed by atoms with E-state index in [0.29, 0.717) is 35.7 Å². The number of nitrogens with zero attached hydrogens (tertiary/aromatic N) is 4. The molecular formula is C24H28N4O5. The molecule has 0 bridgehead atoms. The number of hydrogen-bond acceptors (Lipinski definition) is 9. The van der Waals surface area contributed by atoms with Gasteiger partial charge in [0.25, 0.3) is 0 Å². The number of ether oxygens (including phenoxy) is 2. The Morgan fingerprint density at radius 1 is 1.18 bits per heavy atom. The summed E-state index contributed by atoms with van der Waals surface area (Å²) in [6.07, 6.45) is -0.0269. The molecule has 4 rings (SSSR count). The quantitative estimate of drug-likeness (QED) is 0.600. The predicted octanol–water partition coefficient (Wildman–Crippen LogP) is 1.33. The number of piperazine rings is 1. The van der Waals surface area contributed by atoms with Crippen LogP contribution in [0.2, 0.25) is 0 Å². The summed E-state index contributed by atoms with van der Waals surface area (Å²) in [5, 5.41) is 30.5. The predicted molar refractivity (Wildman–Crippen MR) is 119 cm³/mol. The van der Waals surface area contributed by atoms with Gasteiger partial charge in [-0.15, -0.1) is 0 Å². The summed E-state index contributed by atoms with van der Waals surface area (Å²) in [6, 6.07) is 7.18. The molecule has 2 aliphatic rings. The van der Waals surface area contributed by atoms with Crippen molar-refractivity contribution >= 4 is 5.97 Å². The number of carbonyl (C=O) groups is 1. The fraction of sp³-hybridized carbons (Fsp3) is 0.458. The van der Waals surface area contributed by atoms with Gasteiger partial charge in [0, 0.05) is 57.1 Å². The number of carbonyl (C=O) groups excluding carboxylic acids is 1. The highest BCUT2D eigenvalue weighted by atomic mass is 16.5. The third-order valence-corrected chi connectivity index (χ3v) is 6.46. The number of rotatable bonds is 7. The molecule has 9 nitrogen and oxygen atoms in total. The molecule has 3 heterocycles. The lowest BCUT2D eigenvalue weighted by molar-refractivity contribution is 0.0470. The lowest BCUT2D eigenvalue weighted by Gasteiger charge is -2.36. The van der Waals surface area contributed by atoms with Crippen LogP contribution in [0.5, 0.6) is 5.75 Å². The molecule has 174 valence electrons. The minimum Gasteiger partial charge on any atom is -0.495 e. The Balaban J connectivity index is 1.31. The summed E-state index contributed by atoms with van der Waals surface area (Å²) in [6.45, 7) is 6.15. The number of nitriles is 1. The van der Waals surface area contributed by atoms with E-state index in [1.807, 2.05) is 19.1 Å². The standard InChI is InChI=1S/C24H28N4O5/c1-15-17(3-4-18-19(15)14-33-24(18)31)21(29)12-27-5-7-28(8-6-27)13-22(30)20-9-23(32-2)16(10-25)11-26-20/h3-4,9,11,21-22,29-30H,5-8,12-14H2,1-2H3/t21-,22+/m1/s1. The molecule has 2 aromatic rings. The van der Waals surface area contributed by atoms with Gasteiger partial charge in [-0.2, -0.15) is 5.26 Å². The highest BCUT2D eigenvalue weighted by molar-refractivity contribution is 5.93. The van der Waals surface area contributed by atoms with E-state index in [0.717, 1.165) is 42.9 Å². The topological polar surface area (TPSA) is 119 Å². The summed E-state index contributed by atoms with van der Waals surface area (Å²) < 4.78 is 10.3. The maximum Gasteiger partial charge on any atom is 0.338 e. The van der Waals surface area contributed by atoms with E-state index >= 15 is 0 Å². The van der Waals surface area contributed by atoms with E-state index in [4.69, 9.17) is 14.7 Å². The smallest absolute Gasteiger partial charge is 0.338 e. The number of methoxy groups -OCH3 is 1. The van der Waals surface area contributed by atoms with Crippen LogP contribution in [-0.4, -0.2) is 77.3 Å². The summed E-state index contributed by atoms with van der Waals surface area (Å²) >= 11 is 0. The normalized spacial score (nSPS) is 18.3. The molecule has 0 aliphatic carbocycles. The molecule has 1 fully saturated rings. The number of aliphatic hydroxyl groups is 2. The summed E-state index contributed by atoms with van der Waals surface area (Å²) in [7, 11) is 1.48. The monoisotopic (exact) mass is 452 g/mol. The molecule has 1 saturated heterocycles. The molecule has 2 atom stereocenters. The van der Waals surface area contributed by atoms with Crippen LogP contribution in [0.4, 0.5) is 0 Å². The van der Waals surface area contributed by atoms with Gasteiger partial charge in [0.2, 0.25) is 0 Å². The molecule has 0 spiro atoms. The Bertz CT molecular complexity index is 1080. The van der Waals surface area contributed by atoms with Gasteiger partial charge in [0.05, 0.1) is 24.5 Å². The number of fused-ring (bicyclic) bond motifs is 1. The van der Waals surface area contributed by atoms with E-state index in [1.54, 1.807) is 12.1 Å². The Morgan fingerprint density at radius 3 is 2.48 bits per heavy atom. The Morgan fingerprint density at radius 2 is 1.85 bits per heavy atom. The van der Waals surface area contributed by atoms with Gasteiger partial charge in [0.15, 0.2) is 0 Å². The van der Waals surface area contributed by atoms with E-state index in [1.165, 1.54) is 13.3 Å². The second-order valence-corrected chi connectivity index (χ2v) is 8.44. The molecule has 0 unspecified atom stereocenters. The molecule has 0 amide bonds. The molecule has 2 N–H and O–H groups in total. The largest absolute Gasteiger partial charge is 0.495 e. The van der Waals surface area contributed by atoms with Crippen molar-refractivity contribution in [2.75, 3.05) is 46.4 Å². The minimum atomic E-state index is -0.789. The van der Waals surface area contributed by atoms with Crippen molar-refractivity contribution in [2.45, 2.75) is 25.7 Å². The number of pyridine rings is 1. The molecular weight excluding hydrogens is 424 g/mol. The molecule has 1 aromatic heterocycles. The van der Waals surface area contributed by atoms with Crippen LogP contribution in [0.3, 0.4) is 0 Å². The third-order valence-electron chi connectivity index (χ3n) is 6.46. The highest BCUT2D eigenvalue weighted by Gasteiger charge is 2.27. The van der Waals surface area contributed by atoms with Crippen molar-refractivity contribution in [2.24, 2.45) is 0 Å². The molecule has 2 aliphatic heterocycles. The van der Waals surface area contributed by atoms with Gasteiger partial charge < -0.3 is 19.7 Å². The van der Waals surface area contributed by atoms with Crippen LogP contribution in [0.15, 0.2) is 24.4 Å². The molecule has 9 heteroatoms. The molecule has 1 aromatic carbocycles. The average Bonchev–Trinajstić information content (AvgIpc) is 3.21. The van der Waals surface area contributed by atoms with Crippen molar-refractivity contribution in [1.82, 2.24) is 14.8 Å². The number of hydrogen-bond donors (Lipinski definition) is 2. The first kappa shape index (κ1) is 23.1. The van der Waals surface area contributed by atoms with E-state index in [-0.39, 0.29) is 12.6 Å². The second-order valence-electron chi connectivity index (χ2n) is 8.44. The maximum atomic E-state index is 11.7. The lowest BCUT2D eigenvalue weighted by atomic mass is 9.95. The summed E-state index contributed by atoms with van der Waals surface area (Å²) in [4.78, 5) is 20.3. The highest BCUT2D eigenvalue weighted by Crippen LogP contribution is 2.29. The van der Waals surface area contributed by atoms with E-state index in [2.05, 4.69) is 14.8 Å². The van der Waals surface area contributed by atoms with Crippen molar-refractivity contribution in [3.8, 4) is 11.8 Å². The van der Waals surface area contributed by atoms with Gasteiger partial charge in [-0.1, -0.05) is 6.07 Å². The van der Waals surface area contributed by atoms with Crippen molar-refractivity contribution in [1.29, 1.82) is 5.26 Å². The zero-order valence-electron chi connectivity index (χ0n) is 18.8. The Labute approximate surface area is 192 Å². The number of benzene rings is 1. The van der Waals surface area contributed by atoms with Crippen molar-refractivity contribution < 1.29 is 24.5 Å². The molecule has 0 radical (unpaired) electrons. The zero-order valence-corrected chi connectivity index (χ0v) is 18.8. The maximum absolute atomic E-state index is 11.7. The number of aliphatic hydroxyl groups excluding tert-OH is 2. The second kappa shape index (κ2) is 9.85. The van der Waals surface area contributed by atoms with E-state index in [9.17, 15) is 15.0 Å². The first-order valence-electron chi connectivity index (χ1n) is 11.0. The van der Waals surface area contributed by atoms with Gasteiger partial charge in [-0.05, 0) is 24.1 Å². The first-order chi connectivity index (χ1) is 15.9. The molecule has 33 heavy (non-hydrogen) atoms. The van der Waals surface area contributed by atoms with Gasteiger partial charge in [-0.25, -0.2) is 4.79 Å². The zero-order chi connectivity index (χ0) is 23.5. The fourth-order valence-electron chi connectivity index (χ4n) is 4.45. The van der Waals surface area contributed by atoms with Gasteiger partial charge in [0.1, 0.15) is 30.1 Å². The fourth-order valence-corrected chi connectivity index (χ4v) is 4.45. The van der Waals surface area contributed by atoms with Gasteiger partial charge >= 0.3 is 5.97 Å². The number of esters is 1. The SMILES string of the molecule is COc1cc([C@@H](O)CN2CCN(C[C@@H](O)c3ccc4c(c3C)COC4=O)CC2)ncc1C#N. The number of cyclic esters (lactones) is 1. The Kier molecular flexibility index (Phi) is 6.91.